The first-order chi connectivity index (χ1) is 8.24. The van der Waals surface area contributed by atoms with Gasteiger partial charge in [-0.25, -0.2) is 9.78 Å². The molecule has 17 heavy (non-hydrogen) atoms. The molecule has 0 amide bonds. The number of carboxylic acids is 1. The molecule has 2 aliphatic rings. The lowest BCUT2D eigenvalue weighted by atomic mass is 10.1. The SMILES string of the molecule is O=C(O)c1cc2c(nc1OCC1CC1)CCC2. The number of rotatable bonds is 4. The van der Waals surface area contributed by atoms with E-state index in [0.717, 1.165) is 30.5 Å². The van der Waals surface area contributed by atoms with Crippen LogP contribution in [0.15, 0.2) is 6.07 Å². The number of ether oxygens (including phenoxy) is 1. The second-order valence-electron chi connectivity index (χ2n) is 4.86. The Balaban J connectivity index is 1.89. The summed E-state index contributed by atoms with van der Waals surface area (Å²) < 4.78 is 5.56. The highest BCUT2D eigenvalue weighted by atomic mass is 16.5. The van der Waals surface area contributed by atoms with Crippen LogP contribution in [0.25, 0.3) is 0 Å². The van der Waals surface area contributed by atoms with E-state index in [0.29, 0.717) is 18.4 Å². The predicted molar refractivity (Wildman–Crippen MR) is 61.4 cm³/mol. The Bertz CT molecular complexity index is 466. The summed E-state index contributed by atoms with van der Waals surface area (Å²) in [6.45, 7) is 0.603. The molecule has 0 spiro atoms. The fraction of sp³-hybridized carbons (Fsp3) is 0.538. The molecule has 1 aromatic heterocycles. The molecule has 90 valence electrons. The third-order valence-corrected chi connectivity index (χ3v) is 3.40. The Labute approximate surface area is 99.6 Å². The number of aromatic nitrogens is 1. The second-order valence-corrected chi connectivity index (χ2v) is 4.86. The normalized spacial score (nSPS) is 17.9. The van der Waals surface area contributed by atoms with Gasteiger partial charge in [0.05, 0.1) is 6.61 Å². The van der Waals surface area contributed by atoms with Crippen LogP contribution in [-0.2, 0) is 12.8 Å². The van der Waals surface area contributed by atoms with Crippen molar-refractivity contribution in [1.82, 2.24) is 4.98 Å². The van der Waals surface area contributed by atoms with Gasteiger partial charge in [0.25, 0.3) is 0 Å². The summed E-state index contributed by atoms with van der Waals surface area (Å²) in [6, 6.07) is 1.74. The molecule has 3 rings (SSSR count). The van der Waals surface area contributed by atoms with E-state index in [2.05, 4.69) is 4.98 Å². The lowest BCUT2D eigenvalue weighted by molar-refractivity contribution is 0.0690. The zero-order valence-corrected chi connectivity index (χ0v) is 9.61. The van der Waals surface area contributed by atoms with E-state index in [-0.39, 0.29) is 5.56 Å². The molecule has 1 heterocycles. The molecule has 0 atom stereocenters. The quantitative estimate of drug-likeness (QED) is 0.864. The molecule has 0 unspecified atom stereocenters. The molecule has 4 nitrogen and oxygen atoms in total. The third-order valence-electron chi connectivity index (χ3n) is 3.40. The first-order valence-corrected chi connectivity index (χ1v) is 6.13. The third kappa shape index (κ3) is 2.12. The topological polar surface area (TPSA) is 59.4 Å². The van der Waals surface area contributed by atoms with Crippen molar-refractivity contribution in [2.45, 2.75) is 32.1 Å². The average molecular weight is 233 g/mol. The molecule has 4 heteroatoms. The number of aryl methyl sites for hydroxylation is 2. The minimum Gasteiger partial charge on any atom is -0.477 e. The smallest absolute Gasteiger partial charge is 0.341 e. The van der Waals surface area contributed by atoms with Crippen molar-refractivity contribution >= 4 is 5.97 Å². The molecular formula is C13H15NO3. The van der Waals surface area contributed by atoms with Gasteiger partial charge in [0.2, 0.25) is 5.88 Å². The van der Waals surface area contributed by atoms with Gasteiger partial charge in [-0.1, -0.05) is 0 Å². The molecule has 1 aromatic rings. The van der Waals surface area contributed by atoms with Crippen molar-refractivity contribution in [3.63, 3.8) is 0 Å². The van der Waals surface area contributed by atoms with E-state index in [1.165, 1.54) is 12.8 Å². The zero-order chi connectivity index (χ0) is 11.8. The molecule has 0 bridgehead atoms. The van der Waals surface area contributed by atoms with Crippen LogP contribution in [0.2, 0.25) is 0 Å². The van der Waals surface area contributed by atoms with Gasteiger partial charge in [0.15, 0.2) is 0 Å². The van der Waals surface area contributed by atoms with E-state index in [9.17, 15) is 4.79 Å². The predicted octanol–water partition coefficient (Wildman–Crippen LogP) is 2.06. The van der Waals surface area contributed by atoms with Crippen molar-refractivity contribution in [2.75, 3.05) is 6.61 Å². The number of pyridine rings is 1. The van der Waals surface area contributed by atoms with Crippen LogP contribution in [-0.4, -0.2) is 22.7 Å². The van der Waals surface area contributed by atoms with Crippen molar-refractivity contribution in [3.8, 4) is 5.88 Å². The van der Waals surface area contributed by atoms with Gasteiger partial charge in [0, 0.05) is 5.69 Å². The summed E-state index contributed by atoms with van der Waals surface area (Å²) in [5.41, 5.74) is 2.30. The largest absolute Gasteiger partial charge is 0.477 e. The van der Waals surface area contributed by atoms with Crippen LogP contribution in [0.3, 0.4) is 0 Å². The summed E-state index contributed by atoms with van der Waals surface area (Å²) in [4.78, 5) is 15.5. The van der Waals surface area contributed by atoms with Crippen molar-refractivity contribution < 1.29 is 14.6 Å². The van der Waals surface area contributed by atoms with Crippen LogP contribution in [0.5, 0.6) is 5.88 Å². The highest BCUT2D eigenvalue weighted by molar-refractivity contribution is 5.90. The van der Waals surface area contributed by atoms with Gasteiger partial charge < -0.3 is 9.84 Å². The lowest BCUT2D eigenvalue weighted by Crippen LogP contribution is -2.09. The molecule has 0 aromatic carbocycles. The van der Waals surface area contributed by atoms with Gasteiger partial charge in [-0.3, -0.25) is 0 Å². The second kappa shape index (κ2) is 4.02. The van der Waals surface area contributed by atoms with Crippen LogP contribution in [0, 0.1) is 5.92 Å². The summed E-state index contributed by atoms with van der Waals surface area (Å²) in [6.07, 6.45) is 5.31. The number of carbonyl (C=O) groups is 1. The van der Waals surface area contributed by atoms with Crippen LogP contribution < -0.4 is 4.74 Å². The Hall–Kier alpha value is -1.58. The highest BCUT2D eigenvalue weighted by Crippen LogP contribution is 2.31. The van der Waals surface area contributed by atoms with Crippen LogP contribution in [0.1, 0.15) is 40.9 Å². The molecular weight excluding hydrogens is 218 g/mol. The maximum atomic E-state index is 11.2. The number of hydrogen-bond acceptors (Lipinski definition) is 3. The average Bonchev–Trinajstić information content (AvgIpc) is 3.02. The molecule has 1 N–H and O–H groups in total. The molecule has 1 saturated carbocycles. The molecule has 1 fully saturated rings. The zero-order valence-electron chi connectivity index (χ0n) is 9.61. The maximum Gasteiger partial charge on any atom is 0.341 e. The van der Waals surface area contributed by atoms with Crippen molar-refractivity contribution in [3.05, 3.63) is 22.9 Å². The standard InChI is InChI=1S/C13H15NO3/c15-13(16)10-6-9-2-1-3-11(9)14-12(10)17-7-8-4-5-8/h6,8H,1-5,7H2,(H,15,16). The van der Waals surface area contributed by atoms with Crippen molar-refractivity contribution in [1.29, 1.82) is 0 Å². The molecule has 0 aliphatic heterocycles. The van der Waals surface area contributed by atoms with E-state index in [4.69, 9.17) is 9.84 Å². The Morgan fingerprint density at radius 1 is 1.47 bits per heavy atom. The minimum absolute atomic E-state index is 0.214. The van der Waals surface area contributed by atoms with Gasteiger partial charge >= 0.3 is 5.97 Å². The fourth-order valence-corrected chi connectivity index (χ4v) is 2.20. The fourth-order valence-electron chi connectivity index (χ4n) is 2.20. The molecule has 2 aliphatic carbocycles. The molecule has 0 radical (unpaired) electrons. The van der Waals surface area contributed by atoms with Crippen LogP contribution in [0.4, 0.5) is 0 Å². The monoisotopic (exact) mass is 233 g/mol. The number of carboxylic acid groups (broad SMARTS) is 1. The maximum absolute atomic E-state index is 11.2. The van der Waals surface area contributed by atoms with Gasteiger partial charge in [0.1, 0.15) is 5.56 Å². The van der Waals surface area contributed by atoms with E-state index < -0.39 is 5.97 Å². The van der Waals surface area contributed by atoms with Gasteiger partial charge in [-0.05, 0) is 49.7 Å². The van der Waals surface area contributed by atoms with Gasteiger partial charge in [-0.2, -0.15) is 0 Å². The van der Waals surface area contributed by atoms with Gasteiger partial charge in [-0.15, -0.1) is 0 Å². The highest BCUT2D eigenvalue weighted by Gasteiger charge is 2.25. The Kier molecular flexibility index (Phi) is 2.50. The number of nitrogens with zero attached hydrogens (tertiary/aromatic N) is 1. The first kappa shape index (κ1) is 10.6. The van der Waals surface area contributed by atoms with E-state index in [1.54, 1.807) is 6.07 Å². The van der Waals surface area contributed by atoms with E-state index >= 15 is 0 Å². The number of fused-ring (bicyclic) bond motifs is 1. The first-order valence-electron chi connectivity index (χ1n) is 6.13. The Morgan fingerprint density at radius 3 is 3.00 bits per heavy atom. The number of hydrogen-bond donors (Lipinski definition) is 1. The Morgan fingerprint density at radius 2 is 2.29 bits per heavy atom. The van der Waals surface area contributed by atoms with E-state index in [1.807, 2.05) is 0 Å². The van der Waals surface area contributed by atoms with Crippen molar-refractivity contribution in [2.24, 2.45) is 5.92 Å². The lowest BCUT2D eigenvalue weighted by Gasteiger charge is -2.09. The summed E-state index contributed by atoms with van der Waals surface area (Å²) in [5.74, 6) is -0.0326. The minimum atomic E-state index is -0.946. The summed E-state index contributed by atoms with van der Waals surface area (Å²) in [7, 11) is 0. The van der Waals surface area contributed by atoms with Crippen LogP contribution >= 0.6 is 0 Å². The summed E-state index contributed by atoms with van der Waals surface area (Å²) >= 11 is 0. The molecule has 0 saturated heterocycles. The number of aromatic carboxylic acids is 1. The summed E-state index contributed by atoms with van der Waals surface area (Å²) in [5, 5.41) is 9.16.